The van der Waals surface area contributed by atoms with Crippen molar-refractivity contribution in [2.24, 2.45) is 5.92 Å². The van der Waals surface area contributed by atoms with Crippen LogP contribution in [0.1, 0.15) is 23.2 Å². The Morgan fingerprint density at radius 1 is 1.65 bits per heavy atom. The largest absolute Gasteiger partial charge is 0.327 e. The molecule has 88 valence electrons. The number of nitrogens with zero attached hydrogens (tertiary/aromatic N) is 2. The minimum Gasteiger partial charge on any atom is -0.327 e. The van der Waals surface area contributed by atoms with Crippen LogP contribution in [0.4, 0.5) is 0 Å². The standard InChI is InChI=1S/C13H13BrN2O/c1-2-8-16(9-10-5-6-10)13(17)11-4-3-7-15-12(11)14/h1,3-4,7,10H,5-6,8-9H2. The first-order chi connectivity index (χ1) is 8.22. The molecule has 17 heavy (non-hydrogen) atoms. The van der Waals surface area contributed by atoms with E-state index in [0.717, 1.165) is 6.54 Å². The fourth-order valence-corrected chi connectivity index (χ4v) is 2.08. The number of hydrogen-bond acceptors (Lipinski definition) is 2. The normalized spacial score (nSPS) is 14.1. The second-order valence-electron chi connectivity index (χ2n) is 4.17. The van der Waals surface area contributed by atoms with E-state index < -0.39 is 0 Å². The van der Waals surface area contributed by atoms with Gasteiger partial charge < -0.3 is 4.90 Å². The van der Waals surface area contributed by atoms with Crippen molar-refractivity contribution in [3.63, 3.8) is 0 Å². The Morgan fingerprint density at radius 2 is 2.41 bits per heavy atom. The van der Waals surface area contributed by atoms with Crippen LogP contribution < -0.4 is 0 Å². The maximum absolute atomic E-state index is 12.3. The van der Waals surface area contributed by atoms with Gasteiger partial charge in [-0.2, -0.15) is 0 Å². The monoisotopic (exact) mass is 292 g/mol. The second-order valence-corrected chi connectivity index (χ2v) is 4.93. The Bertz CT molecular complexity index is 463. The maximum Gasteiger partial charge on any atom is 0.257 e. The molecule has 3 nitrogen and oxygen atoms in total. The number of carbonyl (C=O) groups is 1. The van der Waals surface area contributed by atoms with E-state index in [1.54, 1.807) is 23.2 Å². The van der Waals surface area contributed by atoms with E-state index in [1.165, 1.54) is 12.8 Å². The molecule has 1 aliphatic rings. The first-order valence-corrected chi connectivity index (χ1v) is 6.35. The predicted molar refractivity (Wildman–Crippen MR) is 69.4 cm³/mol. The average molecular weight is 293 g/mol. The van der Waals surface area contributed by atoms with Crippen LogP contribution >= 0.6 is 15.9 Å². The van der Waals surface area contributed by atoms with E-state index in [1.807, 2.05) is 0 Å². The van der Waals surface area contributed by atoms with Crippen LogP contribution in [0, 0.1) is 18.3 Å². The zero-order chi connectivity index (χ0) is 12.3. The van der Waals surface area contributed by atoms with Gasteiger partial charge in [-0.1, -0.05) is 5.92 Å². The Labute approximate surface area is 109 Å². The molecule has 0 unspecified atom stereocenters. The molecule has 0 aliphatic heterocycles. The van der Waals surface area contributed by atoms with Gasteiger partial charge in [-0.3, -0.25) is 4.79 Å². The van der Waals surface area contributed by atoms with Gasteiger partial charge >= 0.3 is 0 Å². The van der Waals surface area contributed by atoms with Crippen LogP contribution in [0.5, 0.6) is 0 Å². The molecule has 4 heteroatoms. The van der Waals surface area contributed by atoms with Gasteiger partial charge in [-0.25, -0.2) is 4.98 Å². The van der Waals surface area contributed by atoms with Crippen molar-refractivity contribution in [2.75, 3.05) is 13.1 Å². The third-order valence-corrected chi connectivity index (χ3v) is 3.37. The number of rotatable bonds is 4. The molecule has 0 radical (unpaired) electrons. The smallest absolute Gasteiger partial charge is 0.257 e. The van der Waals surface area contributed by atoms with Crippen LogP contribution in [0.3, 0.4) is 0 Å². The van der Waals surface area contributed by atoms with Gasteiger partial charge in [0.1, 0.15) is 4.60 Å². The lowest BCUT2D eigenvalue weighted by Gasteiger charge is -2.20. The Balaban J connectivity index is 2.15. The molecule has 1 aromatic heterocycles. The highest BCUT2D eigenvalue weighted by molar-refractivity contribution is 9.10. The molecule has 1 amide bonds. The number of hydrogen-bond donors (Lipinski definition) is 0. The Hall–Kier alpha value is -1.34. The van der Waals surface area contributed by atoms with Gasteiger partial charge in [0.2, 0.25) is 0 Å². The number of terminal acetylenes is 1. The van der Waals surface area contributed by atoms with Gasteiger partial charge in [0.05, 0.1) is 12.1 Å². The summed E-state index contributed by atoms with van der Waals surface area (Å²) in [4.78, 5) is 18.1. The predicted octanol–water partition coefficient (Wildman–Crippen LogP) is 2.33. The number of pyridine rings is 1. The van der Waals surface area contributed by atoms with Crippen LogP contribution in [0.25, 0.3) is 0 Å². The number of aromatic nitrogens is 1. The lowest BCUT2D eigenvalue weighted by atomic mass is 10.2. The lowest BCUT2D eigenvalue weighted by molar-refractivity contribution is 0.0768. The van der Waals surface area contributed by atoms with Crippen molar-refractivity contribution in [2.45, 2.75) is 12.8 Å². The SMILES string of the molecule is C#CCN(CC1CC1)C(=O)c1cccnc1Br. The summed E-state index contributed by atoms with van der Waals surface area (Å²) in [5.74, 6) is 3.12. The lowest BCUT2D eigenvalue weighted by Crippen LogP contribution is -2.33. The molecule has 1 heterocycles. The summed E-state index contributed by atoms with van der Waals surface area (Å²) >= 11 is 3.29. The highest BCUT2D eigenvalue weighted by Gasteiger charge is 2.27. The minimum atomic E-state index is -0.0465. The number of amides is 1. The van der Waals surface area contributed by atoms with E-state index in [4.69, 9.17) is 6.42 Å². The van der Waals surface area contributed by atoms with Crippen molar-refractivity contribution in [1.82, 2.24) is 9.88 Å². The van der Waals surface area contributed by atoms with E-state index in [0.29, 0.717) is 22.6 Å². The first-order valence-electron chi connectivity index (χ1n) is 5.55. The molecule has 1 aliphatic carbocycles. The Kier molecular flexibility index (Phi) is 3.80. The minimum absolute atomic E-state index is 0.0465. The third kappa shape index (κ3) is 3.07. The van der Waals surface area contributed by atoms with Gasteiger partial charge in [-0.05, 0) is 46.8 Å². The van der Waals surface area contributed by atoms with E-state index in [2.05, 4.69) is 26.8 Å². The summed E-state index contributed by atoms with van der Waals surface area (Å²) in [6, 6.07) is 3.51. The van der Waals surface area contributed by atoms with Crippen LogP contribution in [0.2, 0.25) is 0 Å². The fourth-order valence-electron chi connectivity index (χ4n) is 1.66. The van der Waals surface area contributed by atoms with Crippen LogP contribution in [0.15, 0.2) is 22.9 Å². The van der Waals surface area contributed by atoms with Gasteiger partial charge in [0.15, 0.2) is 0 Å². The van der Waals surface area contributed by atoms with Crippen LogP contribution in [-0.2, 0) is 0 Å². The maximum atomic E-state index is 12.3. The molecule has 0 aromatic carbocycles. The summed E-state index contributed by atoms with van der Waals surface area (Å²) in [5.41, 5.74) is 0.573. The molecule has 0 atom stereocenters. The van der Waals surface area contributed by atoms with Crippen molar-refractivity contribution in [3.8, 4) is 12.3 Å². The van der Waals surface area contributed by atoms with Crippen molar-refractivity contribution >= 4 is 21.8 Å². The number of carbonyl (C=O) groups excluding carboxylic acids is 1. The molecule has 1 aromatic rings. The van der Waals surface area contributed by atoms with Gasteiger partial charge in [-0.15, -0.1) is 6.42 Å². The molecule has 0 saturated heterocycles. The zero-order valence-electron chi connectivity index (χ0n) is 9.40. The van der Waals surface area contributed by atoms with E-state index in [-0.39, 0.29) is 5.91 Å². The average Bonchev–Trinajstić information content (AvgIpc) is 3.12. The summed E-state index contributed by atoms with van der Waals surface area (Å²) in [5, 5.41) is 0. The molecular formula is C13H13BrN2O. The molecule has 0 spiro atoms. The highest BCUT2D eigenvalue weighted by Crippen LogP contribution is 2.30. The van der Waals surface area contributed by atoms with Gasteiger partial charge in [0, 0.05) is 12.7 Å². The summed E-state index contributed by atoms with van der Waals surface area (Å²) in [7, 11) is 0. The number of halogens is 1. The van der Waals surface area contributed by atoms with E-state index in [9.17, 15) is 4.79 Å². The molecule has 1 fully saturated rings. The topological polar surface area (TPSA) is 33.2 Å². The second kappa shape index (κ2) is 5.33. The highest BCUT2D eigenvalue weighted by atomic mass is 79.9. The summed E-state index contributed by atoms with van der Waals surface area (Å²) < 4.78 is 0.572. The van der Waals surface area contributed by atoms with Crippen molar-refractivity contribution in [3.05, 3.63) is 28.5 Å². The third-order valence-electron chi connectivity index (χ3n) is 2.73. The summed E-state index contributed by atoms with van der Waals surface area (Å²) in [6.45, 7) is 1.11. The first kappa shape index (κ1) is 12.1. The zero-order valence-corrected chi connectivity index (χ0v) is 11.0. The molecule has 2 rings (SSSR count). The summed E-state index contributed by atoms with van der Waals surface area (Å²) in [6.07, 6.45) is 9.35. The van der Waals surface area contributed by atoms with Crippen molar-refractivity contribution < 1.29 is 4.79 Å². The fraction of sp³-hybridized carbons (Fsp3) is 0.385. The molecule has 0 N–H and O–H groups in total. The van der Waals surface area contributed by atoms with Crippen LogP contribution in [-0.4, -0.2) is 28.9 Å². The quantitative estimate of drug-likeness (QED) is 0.630. The van der Waals surface area contributed by atoms with Crippen molar-refractivity contribution in [1.29, 1.82) is 0 Å². The van der Waals surface area contributed by atoms with E-state index >= 15 is 0 Å². The molecular weight excluding hydrogens is 280 g/mol. The Morgan fingerprint density at radius 3 is 3.00 bits per heavy atom. The molecule has 1 saturated carbocycles. The molecule has 0 bridgehead atoms. The van der Waals surface area contributed by atoms with Gasteiger partial charge in [0.25, 0.3) is 5.91 Å².